The molecule has 1 saturated heterocycles. The Kier molecular flexibility index (Phi) is 3.96. The van der Waals surface area contributed by atoms with E-state index in [1.165, 1.54) is 12.1 Å². The van der Waals surface area contributed by atoms with Crippen molar-refractivity contribution in [3.8, 4) is 0 Å². The molecular formula is C14H16F3NO. The molecule has 0 aromatic heterocycles. The predicted molar refractivity (Wildman–Crippen MR) is 67.7 cm³/mol. The SMILES string of the molecule is COC1(C=Cc2ccc(C(F)(F)F)cc2)CCNC1. The Morgan fingerprint density at radius 2 is 1.95 bits per heavy atom. The number of ether oxygens (including phenoxy) is 1. The van der Waals surface area contributed by atoms with E-state index in [9.17, 15) is 13.2 Å². The van der Waals surface area contributed by atoms with E-state index in [4.69, 9.17) is 4.74 Å². The summed E-state index contributed by atoms with van der Waals surface area (Å²) in [5.41, 5.74) is -0.243. The van der Waals surface area contributed by atoms with Gasteiger partial charge >= 0.3 is 6.18 Å². The van der Waals surface area contributed by atoms with Crippen LogP contribution in [0, 0.1) is 0 Å². The van der Waals surface area contributed by atoms with Crippen LogP contribution in [0.5, 0.6) is 0 Å². The third-order valence-electron chi connectivity index (χ3n) is 3.37. The molecule has 2 nitrogen and oxygen atoms in total. The molecule has 1 aromatic rings. The smallest absolute Gasteiger partial charge is 0.373 e. The summed E-state index contributed by atoms with van der Waals surface area (Å²) in [6.45, 7) is 1.60. The molecule has 2 rings (SSSR count). The van der Waals surface area contributed by atoms with Gasteiger partial charge in [-0.1, -0.05) is 24.3 Å². The number of nitrogens with one attached hydrogen (secondary N) is 1. The number of hydrogen-bond acceptors (Lipinski definition) is 2. The minimum atomic E-state index is -4.29. The maximum Gasteiger partial charge on any atom is 0.416 e. The van der Waals surface area contributed by atoms with Crippen molar-refractivity contribution in [2.75, 3.05) is 20.2 Å². The third-order valence-corrected chi connectivity index (χ3v) is 3.37. The molecule has 1 unspecified atom stereocenters. The molecule has 5 heteroatoms. The molecule has 0 bridgehead atoms. The lowest BCUT2D eigenvalue weighted by Crippen LogP contribution is -2.31. The molecule has 1 heterocycles. The van der Waals surface area contributed by atoms with E-state index in [1.54, 1.807) is 13.2 Å². The molecule has 0 saturated carbocycles. The molecule has 104 valence electrons. The first-order valence-electron chi connectivity index (χ1n) is 6.08. The number of hydrogen-bond donors (Lipinski definition) is 1. The summed E-state index contributed by atoms with van der Waals surface area (Å²) in [6.07, 6.45) is 0.290. The van der Waals surface area contributed by atoms with E-state index in [0.29, 0.717) is 0 Å². The van der Waals surface area contributed by atoms with Crippen molar-refractivity contribution < 1.29 is 17.9 Å². The molecule has 0 aliphatic carbocycles. The zero-order valence-corrected chi connectivity index (χ0v) is 10.6. The molecule has 0 amide bonds. The molecule has 1 aliphatic heterocycles. The second-order valence-corrected chi connectivity index (χ2v) is 4.65. The zero-order chi connectivity index (χ0) is 13.9. The molecular weight excluding hydrogens is 255 g/mol. The largest absolute Gasteiger partial charge is 0.416 e. The van der Waals surface area contributed by atoms with E-state index >= 15 is 0 Å². The molecule has 1 fully saturated rings. The molecule has 0 spiro atoms. The summed E-state index contributed by atoms with van der Waals surface area (Å²) in [4.78, 5) is 0. The van der Waals surface area contributed by atoms with E-state index in [0.717, 1.165) is 37.2 Å². The van der Waals surface area contributed by atoms with Gasteiger partial charge < -0.3 is 10.1 Å². The summed E-state index contributed by atoms with van der Waals surface area (Å²) in [6, 6.07) is 5.11. The number of halogens is 3. The highest BCUT2D eigenvalue weighted by Crippen LogP contribution is 2.29. The Balaban J connectivity index is 2.11. The predicted octanol–water partition coefficient (Wildman–Crippen LogP) is 3.10. The fourth-order valence-electron chi connectivity index (χ4n) is 2.10. The molecule has 19 heavy (non-hydrogen) atoms. The maximum absolute atomic E-state index is 12.4. The fraction of sp³-hybridized carbons (Fsp3) is 0.429. The maximum atomic E-state index is 12.4. The lowest BCUT2D eigenvalue weighted by atomic mass is 10.0. The van der Waals surface area contributed by atoms with Crippen LogP contribution < -0.4 is 5.32 Å². The van der Waals surface area contributed by atoms with Crippen LogP contribution in [0.2, 0.25) is 0 Å². The summed E-state index contributed by atoms with van der Waals surface area (Å²) in [5.74, 6) is 0. The second-order valence-electron chi connectivity index (χ2n) is 4.65. The van der Waals surface area contributed by atoms with Gasteiger partial charge in [0.05, 0.1) is 11.2 Å². The van der Waals surface area contributed by atoms with Gasteiger partial charge in [-0.25, -0.2) is 0 Å². The number of methoxy groups -OCH3 is 1. The van der Waals surface area contributed by atoms with Crippen molar-refractivity contribution >= 4 is 6.08 Å². The van der Waals surface area contributed by atoms with Crippen LogP contribution in [-0.4, -0.2) is 25.8 Å². The van der Waals surface area contributed by atoms with Gasteiger partial charge in [0.2, 0.25) is 0 Å². The highest BCUT2D eigenvalue weighted by molar-refractivity contribution is 5.51. The molecule has 1 N–H and O–H groups in total. The van der Waals surface area contributed by atoms with Crippen LogP contribution in [0.15, 0.2) is 30.3 Å². The molecule has 1 aromatic carbocycles. The standard InChI is InChI=1S/C14H16F3NO/c1-19-13(8-9-18-10-13)7-6-11-2-4-12(5-3-11)14(15,16)17/h2-7,18H,8-10H2,1H3. The molecule has 0 radical (unpaired) electrons. The van der Waals surface area contributed by atoms with Gasteiger partial charge in [0, 0.05) is 13.7 Å². The highest BCUT2D eigenvalue weighted by atomic mass is 19.4. The van der Waals surface area contributed by atoms with Crippen LogP contribution in [0.4, 0.5) is 13.2 Å². The van der Waals surface area contributed by atoms with Gasteiger partial charge in [-0.2, -0.15) is 13.2 Å². The Labute approximate surface area is 110 Å². The first kappa shape index (κ1) is 14.1. The van der Waals surface area contributed by atoms with Crippen LogP contribution in [0.1, 0.15) is 17.5 Å². The average molecular weight is 271 g/mol. The summed E-state index contributed by atoms with van der Waals surface area (Å²) in [7, 11) is 1.64. The van der Waals surface area contributed by atoms with Crippen molar-refractivity contribution in [3.63, 3.8) is 0 Å². The van der Waals surface area contributed by atoms with Gasteiger partial charge in [-0.3, -0.25) is 0 Å². The van der Waals surface area contributed by atoms with Crippen LogP contribution >= 0.6 is 0 Å². The lowest BCUT2D eigenvalue weighted by molar-refractivity contribution is -0.137. The third kappa shape index (κ3) is 3.36. The second kappa shape index (κ2) is 5.35. The van der Waals surface area contributed by atoms with Crippen molar-refractivity contribution in [2.45, 2.75) is 18.2 Å². The van der Waals surface area contributed by atoms with Crippen LogP contribution in [-0.2, 0) is 10.9 Å². The number of benzene rings is 1. The first-order chi connectivity index (χ1) is 8.95. The van der Waals surface area contributed by atoms with Gasteiger partial charge in [0.1, 0.15) is 0 Å². The number of alkyl halides is 3. The Morgan fingerprint density at radius 3 is 2.42 bits per heavy atom. The van der Waals surface area contributed by atoms with E-state index in [2.05, 4.69) is 5.32 Å². The number of rotatable bonds is 3. The first-order valence-corrected chi connectivity index (χ1v) is 6.08. The van der Waals surface area contributed by atoms with Gasteiger partial charge in [0.25, 0.3) is 0 Å². The van der Waals surface area contributed by atoms with Crippen molar-refractivity contribution in [2.24, 2.45) is 0 Å². The molecule has 1 aliphatic rings. The quantitative estimate of drug-likeness (QED) is 0.912. The Hall–Kier alpha value is -1.33. The normalized spacial score (nSPS) is 24.2. The van der Waals surface area contributed by atoms with Gasteiger partial charge in [0.15, 0.2) is 0 Å². The summed E-state index contributed by atoms with van der Waals surface area (Å²) < 4.78 is 42.7. The topological polar surface area (TPSA) is 21.3 Å². The fourth-order valence-corrected chi connectivity index (χ4v) is 2.10. The van der Waals surface area contributed by atoms with Crippen LogP contribution in [0.25, 0.3) is 6.08 Å². The minimum absolute atomic E-state index is 0.345. The average Bonchev–Trinajstić information content (AvgIpc) is 2.85. The zero-order valence-electron chi connectivity index (χ0n) is 10.6. The van der Waals surface area contributed by atoms with Crippen molar-refractivity contribution in [1.29, 1.82) is 0 Å². The Bertz CT molecular complexity index is 445. The van der Waals surface area contributed by atoms with Gasteiger partial charge in [-0.05, 0) is 30.7 Å². The summed E-state index contributed by atoms with van der Waals surface area (Å²) >= 11 is 0. The lowest BCUT2D eigenvalue weighted by Gasteiger charge is -2.22. The van der Waals surface area contributed by atoms with Gasteiger partial charge in [-0.15, -0.1) is 0 Å². The van der Waals surface area contributed by atoms with E-state index in [-0.39, 0.29) is 5.60 Å². The van der Waals surface area contributed by atoms with Crippen molar-refractivity contribution in [1.82, 2.24) is 5.32 Å². The summed E-state index contributed by atoms with van der Waals surface area (Å²) in [5, 5.41) is 3.20. The van der Waals surface area contributed by atoms with E-state index < -0.39 is 11.7 Å². The van der Waals surface area contributed by atoms with E-state index in [1.807, 2.05) is 6.08 Å². The highest BCUT2D eigenvalue weighted by Gasteiger charge is 2.31. The Morgan fingerprint density at radius 1 is 1.26 bits per heavy atom. The van der Waals surface area contributed by atoms with Crippen molar-refractivity contribution in [3.05, 3.63) is 41.5 Å². The monoisotopic (exact) mass is 271 g/mol. The van der Waals surface area contributed by atoms with Crippen LogP contribution in [0.3, 0.4) is 0 Å². The minimum Gasteiger partial charge on any atom is -0.373 e. The molecule has 1 atom stereocenters.